The van der Waals surface area contributed by atoms with E-state index in [4.69, 9.17) is 9.26 Å². The second-order valence-corrected chi connectivity index (χ2v) is 4.41. The molecule has 18 heavy (non-hydrogen) atoms. The lowest BCUT2D eigenvalue weighted by atomic mass is 10.2. The van der Waals surface area contributed by atoms with Crippen LogP contribution in [0.4, 0.5) is 0 Å². The third-order valence-electron chi connectivity index (χ3n) is 3.13. The van der Waals surface area contributed by atoms with E-state index < -0.39 is 0 Å². The molecule has 0 aromatic carbocycles. The van der Waals surface area contributed by atoms with Gasteiger partial charge in [0.05, 0.1) is 23.9 Å². The number of ether oxygens (including phenoxy) is 1. The first-order valence-electron chi connectivity index (χ1n) is 5.85. The van der Waals surface area contributed by atoms with E-state index in [0.29, 0.717) is 11.7 Å². The van der Waals surface area contributed by atoms with E-state index in [2.05, 4.69) is 20.6 Å². The molecule has 3 rings (SSSR count). The maximum Gasteiger partial charge on any atom is 0.244 e. The van der Waals surface area contributed by atoms with Crippen molar-refractivity contribution in [2.45, 2.75) is 18.6 Å². The molecule has 0 radical (unpaired) electrons. The average molecular weight is 249 g/mol. The molecule has 7 heteroatoms. The molecule has 2 aromatic rings. The minimum absolute atomic E-state index is 0.0767. The van der Waals surface area contributed by atoms with Crippen LogP contribution in [0.15, 0.2) is 16.9 Å². The summed E-state index contributed by atoms with van der Waals surface area (Å²) in [5.74, 6) is 1.18. The first-order valence-corrected chi connectivity index (χ1v) is 5.85. The molecule has 1 aliphatic heterocycles. The summed E-state index contributed by atoms with van der Waals surface area (Å²) >= 11 is 0. The Bertz CT molecular complexity index is 535. The van der Waals surface area contributed by atoms with E-state index in [-0.39, 0.29) is 12.1 Å². The van der Waals surface area contributed by atoms with Crippen LogP contribution in [0.3, 0.4) is 0 Å². The van der Waals surface area contributed by atoms with Crippen molar-refractivity contribution in [2.75, 3.05) is 13.7 Å². The first-order chi connectivity index (χ1) is 8.76. The monoisotopic (exact) mass is 249 g/mol. The van der Waals surface area contributed by atoms with Gasteiger partial charge in [-0.15, -0.1) is 0 Å². The van der Waals surface area contributed by atoms with Gasteiger partial charge >= 0.3 is 0 Å². The number of hydrogen-bond acceptors (Lipinski definition) is 6. The molecule has 0 spiro atoms. The second kappa shape index (κ2) is 4.51. The van der Waals surface area contributed by atoms with E-state index in [1.165, 1.54) is 0 Å². The Balaban J connectivity index is 1.78. The van der Waals surface area contributed by atoms with Crippen LogP contribution in [0.5, 0.6) is 0 Å². The van der Waals surface area contributed by atoms with Gasteiger partial charge in [0.25, 0.3) is 0 Å². The summed E-state index contributed by atoms with van der Waals surface area (Å²) in [5, 5.41) is 11.4. The lowest BCUT2D eigenvalue weighted by Gasteiger charge is -2.04. The quantitative estimate of drug-likeness (QED) is 0.854. The number of nitrogens with zero attached hydrogens (tertiary/aromatic N) is 4. The molecule has 7 nitrogen and oxygen atoms in total. The fraction of sp³-hybridized carbons (Fsp3) is 0.545. The van der Waals surface area contributed by atoms with Crippen LogP contribution in [0, 0.1) is 0 Å². The van der Waals surface area contributed by atoms with Crippen molar-refractivity contribution in [2.24, 2.45) is 7.05 Å². The molecule has 2 atom stereocenters. The number of rotatable bonds is 3. The zero-order valence-electron chi connectivity index (χ0n) is 10.3. The van der Waals surface area contributed by atoms with Crippen LogP contribution in [0.2, 0.25) is 0 Å². The van der Waals surface area contributed by atoms with Gasteiger partial charge in [-0.25, -0.2) is 0 Å². The highest BCUT2D eigenvalue weighted by molar-refractivity contribution is 5.51. The van der Waals surface area contributed by atoms with E-state index in [1.807, 2.05) is 13.2 Å². The molecule has 0 amide bonds. The molecule has 1 aliphatic rings. The van der Waals surface area contributed by atoms with Crippen LogP contribution in [0.1, 0.15) is 18.4 Å². The van der Waals surface area contributed by atoms with Gasteiger partial charge in [0.2, 0.25) is 11.7 Å². The molecular weight excluding hydrogens is 234 g/mol. The van der Waals surface area contributed by atoms with E-state index in [9.17, 15) is 0 Å². The highest BCUT2D eigenvalue weighted by atomic mass is 16.5. The Hall–Kier alpha value is -1.73. The lowest BCUT2D eigenvalue weighted by Crippen LogP contribution is -2.16. The Morgan fingerprint density at radius 1 is 1.56 bits per heavy atom. The number of nitrogens with one attached hydrogen (secondary N) is 1. The van der Waals surface area contributed by atoms with Gasteiger partial charge in [-0.2, -0.15) is 10.1 Å². The predicted molar refractivity (Wildman–Crippen MR) is 62.7 cm³/mol. The van der Waals surface area contributed by atoms with Gasteiger partial charge in [-0.1, -0.05) is 5.16 Å². The third kappa shape index (κ3) is 2.02. The molecule has 1 N–H and O–H groups in total. The van der Waals surface area contributed by atoms with Crippen molar-refractivity contribution in [3.63, 3.8) is 0 Å². The van der Waals surface area contributed by atoms with Gasteiger partial charge in [-0.05, 0) is 6.42 Å². The summed E-state index contributed by atoms with van der Waals surface area (Å²) < 4.78 is 12.3. The van der Waals surface area contributed by atoms with Crippen molar-refractivity contribution in [1.29, 1.82) is 0 Å². The minimum Gasteiger partial charge on any atom is -0.380 e. The van der Waals surface area contributed by atoms with Crippen molar-refractivity contribution in [3.05, 3.63) is 18.3 Å². The fourth-order valence-corrected chi connectivity index (χ4v) is 2.10. The zero-order chi connectivity index (χ0) is 12.5. The van der Waals surface area contributed by atoms with Gasteiger partial charge < -0.3 is 14.6 Å². The number of methoxy groups -OCH3 is 1. The van der Waals surface area contributed by atoms with Crippen molar-refractivity contribution >= 4 is 0 Å². The Labute approximate surface area is 104 Å². The highest BCUT2D eigenvalue weighted by Gasteiger charge is 2.29. The van der Waals surface area contributed by atoms with Gasteiger partial charge in [-0.3, -0.25) is 4.68 Å². The van der Waals surface area contributed by atoms with Gasteiger partial charge in [0.15, 0.2) is 0 Å². The first kappa shape index (κ1) is 11.4. The summed E-state index contributed by atoms with van der Waals surface area (Å²) in [6.07, 6.45) is 4.64. The molecule has 96 valence electrons. The molecule has 1 fully saturated rings. The maximum atomic E-state index is 5.29. The summed E-state index contributed by atoms with van der Waals surface area (Å²) in [6, 6.07) is 0.0767. The zero-order valence-corrected chi connectivity index (χ0v) is 10.3. The summed E-state index contributed by atoms with van der Waals surface area (Å²) in [7, 11) is 3.57. The average Bonchev–Trinajstić information content (AvgIpc) is 3.07. The maximum absolute atomic E-state index is 5.29. The van der Waals surface area contributed by atoms with Crippen LogP contribution in [0.25, 0.3) is 11.4 Å². The standard InChI is InChI=1S/C11H15N5O2/c1-16-6-7(4-13-16)10-14-11(18-15-10)9-3-8(17-2)5-12-9/h4,6,8-9,12H,3,5H2,1-2H3. The molecule has 3 heterocycles. The summed E-state index contributed by atoms with van der Waals surface area (Å²) in [5.41, 5.74) is 0.855. The predicted octanol–water partition coefficient (Wildman–Crippen LogP) is 0.519. The number of aromatic nitrogens is 4. The molecule has 2 aromatic heterocycles. The molecular formula is C11H15N5O2. The Morgan fingerprint density at radius 2 is 2.44 bits per heavy atom. The van der Waals surface area contributed by atoms with E-state index >= 15 is 0 Å². The largest absolute Gasteiger partial charge is 0.380 e. The van der Waals surface area contributed by atoms with Crippen molar-refractivity contribution in [3.8, 4) is 11.4 Å². The molecule has 2 unspecified atom stereocenters. The molecule has 0 bridgehead atoms. The van der Waals surface area contributed by atoms with Crippen molar-refractivity contribution < 1.29 is 9.26 Å². The topological polar surface area (TPSA) is 78.0 Å². The second-order valence-electron chi connectivity index (χ2n) is 4.41. The lowest BCUT2D eigenvalue weighted by molar-refractivity contribution is 0.116. The fourth-order valence-electron chi connectivity index (χ4n) is 2.10. The number of aryl methyl sites for hydroxylation is 1. The van der Waals surface area contributed by atoms with E-state index in [0.717, 1.165) is 18.5 Å². The Kier molecular flexibility index (Phi) is 2.85. The summed E-state index contributed by atoms with van der Waals surface area (Å²) in [6.45, 7) is 0.811. The molecule has 0 saturated carbocycles. The Morgan fingerprint density at radius 3 is 3.11 bits per heavy atom. The van der Waals surface area contributed by atoms with Gasteiger partial charge in [0.1, 0.15) is 0 Å². The highest BCUT2D eigenvalue weighted by Crippen LogP contribution is 2.25. The van der Waals surface area contributed by atoms with Crippen molar-refractivity contribution in [1.82, 2.24) is 25.2 Å². The summed E-state index contributed by atoms with van der Waals surface area (Å²) in [4.78, 5) is 4.40. The van der Waals surface area contributed by atoms with E-state index in [1.54, 1.807) is 18.0 Å². The smallest absolute Gasteiger partial charge is 0.244 e. The van der Waals surface area contributed by atoms with Crippen LogP contribution in [-0.2, 0) is 11.8 Å². The third-order valence-corrected chi connectivity index (χ3v) is 3.13. The van der Waals surface area contributed by atoms with Crippen LogP contribution in [-0.4, -0.2) is 39.7 Å². The number of hydrogen-bond donors (Lipinski definition) is 1. The normalized spacial score (nSPS) is 23.7. The van der Waals surface area contributed by atoms with Crippen LogP contribution >= 0.6 is 0 Å². The molecule has 0 aliphatic carbocycles. The minimum atomic E-state index is 0.0767. The SMILES string of the molecule is COC1CNC(c2nc(-c3cnn(C)c3)no2)C1. The van der Waals surface area contributed by atoms with Gasteiger partial charge in [0, 0.05) is 26.9 Å². The molecule has 1 saturated heterocycles. The van der Waals surface area contributed by atoms with Crippen LogP contribution < -0.4 is 5.32 Å².